The summed E-state index contributed by atoms with van der Waals surface area (Å²) < 4.78 is 0. The molecule has 4 rings (SSSR count). The number of benzene rings is 1. The molecule has 1 saturated carbocycles. The number of allylic oxidation sites excluding steroid dienone is 2. The third-order valence-corrected chi connectivity index (χ3v) is 4.22. The summed E-state index contributed by atoms with van der Waals surface area (Å²) in [6, 6.07) is 8.48. The summed E-state index contributed by atoms with van der Waals surface area (Å²) in [5.74, 6) is 0.963. The minimum absolute atomic E-state index is 0.671. The fraction of sp³-hybridized carbons (Fsp3) is 0.467. The summed E-state index contributed by atoms with van der Waals surface area (Å²) in [6.45, 7) is 2.32. The Morgan fingerprint density at radius 3 is 2.33 bits per heavy atom. The van der Waals surface area contributed by atoms with Gasteiger partial charge >= 0.3 is 0 Å². The second-order valence-electron chi connectivity index (χ2n) is 5.16. The van der Waals surface area contributed by atoms with E-state index in [1.165, 1.54) is 36.8 Å². The lowest BCUT2D eigenvalue weighted by molar-refractivity contribution is 0.388. The summed E-state index contributed by atoms with van der Waals surface area (Å²) in [4.78, 5) is 0. The van der Waals surface area contributed by atoms with Crippen molar-refractivity contribution in [2.75, 3.05) is 0 Å². The van der Waals surface area contributed by atoms with E-state index in [-0.39, 0.29) is 0 Å². The van der Waals surface area contributed by atoms with Crippen molar-refractivity contribution in [1.29, 1.82) is 0 Å². The van der Waals surface area contributed by atoms with Crippen LogP contribution in [0.15, 0.2) is 36.4 Å². The highest BCUT2D eigenvalue weighted by Gasteiger charge is 2.38. The standard InChI is InChI=1S/C9H14.C6H4/c1-2-9-5-3-8(7-9)4-6-9;1-2-5-4-6(5)3-1/h3,5,8H,2,4,6-7H2,1H3;1-4H. The summed E-state index contributed by atoms with van der Waals surface area (Å²) in [6.07, 6.45) is 10.6. The smallest absolute Gasteiger partial charge is 0.0115 e. The molecule has 4 aliphatic carbocycles. The highest BCUT2D eigenvalue weighted by atomic mass is 14.4. The van der Waals surface area contributed by atoms with Gasteiger partial charge in [0.2, 0.25) is 0 Å². The van der Waals surface area contributed by atoms with Crippen molar-refractivity contribution in [3.63, 3.8) is 0 Å². The summed E-state index contributed by atoms with van der Waals surface area (Å²) in [5, 5.41) is 0. The Balaban J connectivity index is 0.000000104. The van der Waals surface area contributed by atoms with Crippen molar-refractivity contribution in [3.8, 4) is 11.1 Å². The van der Waals surface area contributed by atoms with Crippen LogP contribution in [0.25, 0.3) is 11.1 Å². The first kappa shape index (κ1) is 9.21. The Bertz CT molecular complexity index is 385. The van der Waals surface area contributed by atoms with Gasteiger partial charge in [-0.1, -0.05) is 37.3 Å². The van der Waals surface area contributed by atoms with Gasteiger partial charge in [0.05, 0.1) is 0 Å². The zero-order chi connectivity index (χ0) is 10.3. The first-order valence-corrected chi connectivity index (χ1v) is 6.11. The summed E-state index contributed by atoms with van der Waals surface area (Å²) in [5.41, 5.74) is 3.52. The molecular weight excluding hydrogens is 180 g/mol. The van der Waals surface area contributed by atoms with Gasteiger partial charge in [-0.3, -0.25) is 0 Å². The molecular formula is C15H18. The number of fused-ring (bicyclic) bond motifs is 3. The summed E-state index contributed by atoms with van der Waals surface area (Å²) in [7, 11) is 0. The van der Waals surface area contributed by atoms with Gasteiger partial charge < -0.3 is 0 Å². The van der Waals surface area contributed by atoms with Gasteiger partial charge in [-0.2, -0.15) is 0 Å². The van der Waals surface area contributed by atoms with Crippen LogP contribution in [0.1, 0.15) is 32.6 Å². The molecule has 0 aromatic heterocycles. The fourth-order valence-electron chi connectivity index (χ4n) is 2.97. The van der Waals surface area contributed by atoms with Crippen LogP contribution in [-0.2, 0) is 0 Å². The molecule has 2 atom stereocenters. The van der Waals surface area contributed by atoms with Crippen molar-refractivity contribution in [2.24, 2.45) is 11.3 Å². The molecule has 2 bridgehead atoms. The van der Waals surface area contributed by atoms with E-state index >= 15 is 0 Å². The number of hydrogen-bond donors (Lipinski definition) is 0. The van der Waals surface area contributed by atoms with Gasteiger partial charge in [0.25, 0.3) is 0 Å². The largest absolute Gasteiger partial charge is 0.0848 e. The quantitative estimate of drug-likeness (QED) is 0.595. The van der Waals surface area contributed by atoms with Crippen LogP contribution in [0.3, 0.4) is 0 Å². The number of hydrogen-bond acceptors (Lipinski definition) is 0. The van der Waals surface area contributed by atoms with Crippen molar-refractivity contribution in [1.82, 2.24) is 0 Å². The van der Waals surface area contributed by atoms with Crippen LogP contribution in [0, 0.1) is 11.3 Å². The van der Waals surface area contributed by atoms with Crippen molar-refractivity contribution < 1.29 is 0 Å². The molecule has 4 aliphatic rings. The minimum Gasteiger partial charge on any atom is -0.0848 e. The van der Waals surface area contributed by atoms with Gasteiger partial charge in [-0.25, -0.2) is 0 Å². The van der Waals surface area contributed by atoms with Gasteiger partial charge in [-0.05, 0) is 54.2 Å². The Hall–Kier alpha value is -1.04. The first-order valence-electron chi connectivity index (χ1n) is 6.11. The molecule has 0 spiro atoms. The molecule has 1 fully saturated rings. The lowest BCUT2D eigenvalue weighted by Gasteiger charge is -2.19. The van der Waals surface area contributed by atoms with Crippen LogP contribution >= 0.6 is 0 Å². The molecule has 0 heteroatoms. The molecule has 0 amide bonds. The van der Waals surface area contributed by atoms with Crippen molar-refractivity contribution >= 4 is 0 Å². The molecule has 15 heavy (non-hydrogen) atoms. The normalized spacial score (nSPS) is 32.5. The highest BCUT2D eigenvalue weighted by Crippen LogP contribution is 2.50. The van der Waals surface area contributed by atoms with E-state index in [4.69, 9.17) is 0 Å². The van der Waals surface area contributed by atoms with Gasteiger partial charge in [0.1, 0.15) is 0 Å². The monoisotopic (exact) mass is 198 g/mol. The lowest BCUT2D eigenvalue weighted by atomic mass is 9.85. The highest BCUT2D eigenvalue weighted by molar-refractivity contribution is 5.80. The molecule has 0 aliphatic heterocycles. The van der Waals surface area contributed by atoms with E-state index in [1.54, 1.807) is 0 Å². The van der Waals surface area contributed by atoms with Gasteiger partial charge in [0.15, 0.2) is 0 Å². The Morgan fingerprint density at radius 1 is 1.33 bits per heavy atom. The molecule has 0 radical (unpaired) electrons. The van der Waals surface area contributed by atoms with Crippen molar-refractivity contribution in [3.05, 3.63) is 36.4 Å². The zero-order valence-electron chi connectivity index (χ0n) is 9.37. The van der Waals surface area contributed by atoms with Crippen molar-refractivity contribution in [2.45, 2.75) is 32.6 Å². The molecule has 78 valence electrons. The molecule has 0 heterocycles. The molecule has 0 N–H and O–H groups in total. The second kappa shape index (κ2) is 3.23. The Labute approximate surface area is 92.0 Å². The maximum Gasteiger partial charge on any atom is -0.0115 e. The third-order valence-electron chi connectivity index (χ3n) is 4.22. The molecule has 0 nitrogen and oxygen atoms in total. The maximum atomic E-state index is 2.46. The average molecular weight is 198 g/mol. The van der Waals surface area contributed by atoms with E-state index in [0.29, 0.717) is 5.41 Å². The molecule has 0 saturated heterocycles. The molecule has 0 aromatic rings. The third kappa shape index (κ3) is 1.62. The van der Waals surface area contributed by atoms with Crippen LogP contribution < -0.4 is 0 Å². The van der Waals surface area contributed by atoms with E-state index in [1.807, 2.05) is 0 Å². The molecule has 0 aromatic carbocycles. The average Bonchev–Trinajstić information content (AvgIpc) is 2.76. The second-order valence-corrected chi connectivity index (χ2v) is 5.16. The topological polar surface area (TPSA) is 0 Å². The maximum absolute atomic E-state index is 2.46. The first-order chi connectivity index (χ1) is 7.31. The van der Waals surface area contributed by atoms with E-state index in [0.717, 1.165) is 5.92 Å². The SMILES string of the molecule is CCC12C=CC(CC1)C2.c1cc2cc-2c1. The zero-order valence-corrected chi connectivity index (χ0v) is 9.37. The Morgan fingerprint density at radius 2 is 2.13 bits per heavy atom. The van der Waals surface area contributed by atoms with Gasteiger partial charge in [0, 0.05) is 0 Å². The van der Waals surface area contributed by atoms with E-state index in [2.05, 4.69) is 43.3 Å². The van der Waals surface area contributed by atoms with E-state index in [9.17, 15) is 0 Å². The van der Waals surface area contributed by atoms with Crippen LogP contribution in [0.5, 0.6) is 0 Å². The van der Waals surface area contributed by atoms with Crippen LogP contribution in [0.2, 0.25) is 0 Å². The minimum atomic E-state index is 0.671. The lowest BCUT2D eigenvalue weighted by Crippen LogP contribution is -2.08. The van der Waals surface area contributed by atoms with Gasteiger partial charge in [-0.15, -0.1) is 0 Å². The fourth-order valence-corrected chi connectivity index (χ4v) is 2.97. The summed E-state index contributed by atoms with van der Waals surface area (Å²) >= 11 is 0. The predicted molar refractivity (Wildman–Crippen MR) is 64.6 cm³/mol. The number of rotatable bonds is 1. The van der Waals surface area contributed by atoms with Crippen LogP contribution in [0.4, 0.5) is 0 Å². The molecule has 2 unspecified atom stereocenters. The predicted octanol–water partition coefficient (Wildman–Crippen LogP) is 4.42. The van der Waals surface area contributed by atoms with Crippen LogP contribution in [-0.4, -0.2) is 0 Å². The van der Waals surface area contributed by atoms with E-state index < -0.39 is 0 Å². The Kier molecular flexibility index (Phi) is 1.98.